The third-order valence-electron chi connectivity index (χ3n) is 5.50. The van der Waals surface area contributed by atoms with E-state index in [1.54, 1.807) is 32.9 Å². The Morgan fingerprint density at radius 3 is 2.24 bits per heavy atom. The molecule has 0 fully saturated rings. The summed E-state index contributed by atoms with van der Waals surface area (Å²) in [4.78, 5) is 40.9. The lowest BCUT2D eigenvalue weighted by atomic mass is 9.99. The number of rotatable bonds is 10. The maximum absolute atomic E-state index is 13.9. The predicted octanol–water partition coefficient (Wildman–Crippen LogP) is 4.29. The van der Waals surface area contributed by atoms with E-state index in [0.29, 0.717) is 0 Å². The monoisotopic (exact) mass is 507 g/mol. The molecule has 2 rings (SSSR count). The van der Waals surface area contributed by atoms with E-state index in [0.717, 1.165) is 23.3 Å². The summed E-state index contributed by atoms with van der Waals surface area (Å²) in [5.74, 6) is -1.41. The lowest BCUT2D eigenvalue weighted by Crippen LogP contribution is -2.52. The molecule has 8 nitrogen and oxygen atoms in total. The molecule has 198 valence electrons. The van der Waals surface area contributed by atoms with E-state index >= 15 is 0 Å². The van der Waals surface area contributed by atoms with Gasteiger partial charge in [-0.25, -0.2) is 4.79 Å². The zero-order chi connectivity index (χ0) is 27.6. The molecule has 0 aliphatic carbocycles. The van der Waals surface area contributed by atoms with Gasteiger partial charge in [-0.05, 0) is 45.7 Å². The molecular formula is C29H37N3O5. The van der Waals surface area contributed by atoms with Crippen molar-refractivity contribution in [3.63, 3.8) is 0 Å². The highest BCUT2D eigenvalue weighted by Gasteiger charge is 2.37. The summed E-state index contributed by atoms with van der Waals surface area (Å²) in [5.41, 5.74) is 0.156. The van der Waals surface area contributed by atoms with Crippen LogP contribution < -0.4 is 10.6 Å². The van der Waals surface area contributed by atoms with E-state index in [2.05, 4.69) is 16.7 Å². The second-order valence-electron chi connectivity index (χ2n) is 9.89. The molecule has 0 aliphatic heterocycles. The highest BCUT2D eigenvalue weighted by atomic mass is 16.6. The number of hydrogen-bond acceptors (Lipinski definition) is 5. The van der Waals surface area contributed by atoms with Crippen molar-refractivity contribution >= 4 is 17.9 Å². The first-order valence-corrected chi connectivity index (χ1v) is 12.4. The summed E-state index contributed by atoms with van der Waals surface area (Å²) in [7, 11) is 0. The number of nitrogens with one attached hydrogen (secondary N) is 2. The smallest absolute Gasteiger partial charge is 0.408 e. The van der Waals surface area contributed by atoms with Crippen molar-refractivity contribution in [2.45, 2.75) is 77.6 Å². The summed E-state index contributed by atoms with van der Waals surface area (Å²) in [5, 5.41) is 16.1. The number of para-hydroxylation sites is 1. The molecule has 0 bridgehead atoms. The normalized spacial score (nSPS) is 13.4. The molecule has 0 aromatic heterocycles. The molecule has 3 amide bonds. The molecule has 2 aromatic rings. The molecule has 2 aromatic carbocycles. The fraction of sp³-hybridized carbons (Fsp3) is 0.414. The first kappa shape index (κ1) is 29.2. The van der Waals surface area contributed by atoms with Gasteiger partial charge in [0.2, 0.25) is 5.91 Å². The van der Waals surface area contributed by atoms with Gasteiger partial charge < -0.3 is 20.5 Å². The molecule has 0 aliphatic rings. The Labute approximate surface area is 219 Å². The zero-order valence-corrected chi connectivity index (χ0v) is 22.2. The van der Waals surface area contributed by atoms with Gasteiger partial charge in [0.1, 0.15) is 17.4 Å². The average molecular weight is 508 g/mol. The van der Waals surface area contributed by atoms with Crippen LogP contribution in [-0.4, -0.2) is 45.6 Å². The minimum Gasteiger partial charge on any atom is -0.508 e. The standard InChI is InChI=1S/C29H37N3O5/c1-7-14-20(3)30-26(34)25(22-17-12-13-18-24(22)33)32(8-2)27(35)23(19-21-15-10-9-11-16-21)31-28(36)37-29(4,5)6/h2,9-13,15-18,20,23,25,33H,7,14,19H2,1,3-6H3,(H,30,34)(H,31,36). The Balaban J connectivity index is 2.48. The van der Waals surface area contributed by atoms with Crippen molar-refractivity contribution in [3.05, 3.63) is 65.7 Å². The van der Waals surface area contributed by atoms with Crippen LogP contribution in [0.5, 0.6) is 5.75 Å². The number of carbonyl (C=O) groups excluding carboxylic acids is 3. The maximum atomic E-state index is 13.9. The van der Waals surface area contributed by atoms with Crippen LogP contribution in [0.1, 0.15) is 64.6 Å². The molecule has 3 N–H and O–H groups in total. The van der Waals surface area contributed by atoms with Gasteiger partial charge in [0.15, 0.2) is 6.04 Å². The van der Waals surface area contributed by atoms with Crippen LogP contribution in [0.2, 0.25) is 0 Å². The molecular weight excluding hydrogens is 470 g/mol. The number of carbonyl (C=O) groups is 3. The first-order chi connectivity index (χ1) is 17.5. The first-order valence-electron chi connectivity index (χ1n) is 12.4. The Morgan fingerprint density at radius 1 is 1.05 bits per heavy atom. The molecule has 0 saturated carbocycles. The van der Waals surface area contributed by atoms with Crippen LogP contribution in [0.25, 0.3) is 0 Å². The number of nitrogens with zero attached hydrogens (tertiary/aromatic N) is 1. The van der Waals surface area contributed by atoms with Gasteiger partial charge in [0, 0.05) is 24.1 Å². The predicted molar refractivity (Wildman–Crippen MR) is 142 cm³/mol. The molecule has 3 atom stereocenters. The van der Waals surface area contributed by atoms with Crippen LogP contribution in [-0.2, 0) is 20.7 Å². The number of phenols is 1. The van der Waals surface area contributed by atoms with Gasteiger partial charge in [-0.3, -0.25) is 14.5 Å². The van der Waals surface area contributed by atoms with Crippen LogP contribution in [0.3, 0.4) is 0 Å². The van der Waals surface area contributed by atoms with E-state index < -0.39 is 35.6 Å². The molecule has 8 heteroatoms. The van der Waals surface area contributed by atoms with E-state index in [1.807, 2.05) is 44.2 Å². The summed E-state index contributed by atoms with van der Waals surface area (Å²) < 4.78 is 5.37. The van der Waals surface area contributed by atoms with Gasteiger partial charge >= 0.3 is 6.09 Å². The van der Waals surface area contributed by atoms with E-state index in [1.165, 1.54) is 12.1 Å². The Bertz CT molecular complexity index is 1100. The Morgan fingerprint density at radius 2 is 1.68 bits per heavy atom. The third-order valence-corrected chi connectivity index (χ3v) is 5.50. The van der Waals surface area contributed by atoms with Crippen LogP contribution in [0.15, 0.2) is 54.6 Å². The highest BCUT2D eigenvalue weighted by molar-refractivity contribution is 5.93. The number of ether oxygens (including phenoxy) is 1. The van der Waals surface area contributed by atoms with Gasteiger partial charge in [-0.1, -0.05) is 68.3 Å². The number of hydrogen-bond donors (Lipinski definition) is 3. The second kappa shape index (κ2) is 13.4. The topological polar surface area (TPSA) is 108 Å². The van der Waals surface area contributed by atoms with Crippen LogP contribution in [0, 0.1) is 12.5 Å². The number of amides is 3. The SMILES string of the molecule is C#CN(C(=O)C(Cc1ccccc1)NC(=O)OC(C)(C)C)C(C(=O)NC(C)CCC)c1ccccc1O. The minimum absolute atomic E-state index is 0.110. The lowest BCUT2D eigenvalue weighted by Gasteiger charge is -2.31. The van der Waals surface area contributed by atoms with Crippen molar-refractivity contribution in [1.29, 1.82) is 0 Å². The van der Waals surface area contributed by atoms with E-state index in [9.17, 15) is 19.5 Å². The van der Waals surface area contributed by atoms with Crippen molar-refractivity contribution in [1.82, 2.24) is 15.5 Å². The molecule has 0 saturated heterocycles. The number of terminal acetylenes is 1. The summed E-state index contributed by atoms with van der Waals surface area (Å²) in [6, 6.07) is 15.0. The van der Waals surface area contributed by atoms with Crippen LogP contribution >= 0.6 is 0 Å². The highest BCUT2D eigenvalue weighted by Crippen LogP contribution is 2.29. The van der Waals surface area contributed by atoms with Gasteiger partial charge in [-0.2, -0.15) is 0 Å². The Hall–Kier alpha value is -3.99. The lowest BCUT2D eigenvalue weighted by molar-refractivity contribution is -0.138. The molecule has 0 radical (unpaired) electrons. The van der Waals surface area contributed by atoms with E-state index in [4.69, 9.17) is 11.2 Å². The number of phenolic OH excluding ortho intramolecular Hbond substituents is 1. The number of benzene rings is 2. The average Bonchev–Trinajstić information content (AvgIpc) is 2.82. The summed E-state index contributed by atoms with van der Waals surface area (Å²) >= 11 is 0. The van der Waals surface area contributed by atoms with Crippen molar-refractivity contribution in [2.24, 2.45) is 0 Å². The van der Waals surface area contributed by atoms with Gasteiger partial charge in [0.25, 0.3) is 5.91 Å². The van der Waals surface area contributed by atoms with Gasteiger partial charge in [0.05, 0.1) is 0 Å². The second-order valence-corrected chi connectivity index (χ2v) is 9.89. The zero-order valence-electron chi connectivity index (χ0n) is 22.2. The quantitative estimate of drug-likeness (QED) is 0.328. The van der Waals surface area contributed by atoms with Crippen molar-refractivity contribution in [2.75, 3.05) is 0 Å². The molecule has 37 heavy (non-hydrogen) atoms. The number of aromatic hydroxyl groups is 1. The van der Waals surface area contributed by atoms with Crippen LogP contribution in [0.4, 0.5) is 4.79 Å². The van der Waals surface area contributed by atoms with Crippen molar-refractivity contribution in [3.8, 4) is 18.2 Å². The fourth-order valence-corrected chi connectivity index (χ4v) is 3.88. The number of alkyl carbamates (subject to hydrolysis) is 1. The third kappa shape index (κ3) is 8.87. The van der Waals surface area contributed by atoms with E-state index in [-0.39, 0.29) is 23.8 Å². The molecule has 0 heterocycles. The minimum atomic E-state index is -1.32. The Kier molecular flexibility index (Phi) is 10.6. The largest absolute Gasteiger partial charge is 0.508 e. The fourth-order valence-electron chi connectivity index (χ4n) is 3.88. The molecule has 3 unspecified atom stereocenters. The summed E-state index contributed by atoms with van der Waals surface area (Å²) in [6.07, 6.45) is 6.69. The van der Waals surface area contributed by atoms with Gasteiger partial charge in [-0.15, -0.1) is 0 Å². The van der Waals surface area contributed by atoms with Crippen molar-refractivity contribution < 1.29 is 24.2 Å². The molecule has 0 spiro atoms. The summed E-state index contributed by atoms with van der Waals surface area (Å²) in [6.45, 7) is 8.99. The maximum Gasteiger partial charge on any atom is 0.408 e.